The summed E-state index contributed by atoms with van der Waals surface area (Å²) in [4.78, 5) is 48.6. The summed E-state index contributed by atoms with van der Waals surface area (Å²) in [6.45, 7) is -1.12. The van der Waals surface area contributed by atoms with Gasteiger partial charge < -0.3 is 9.80 Å². The average Bonchev–Trinajstić information content (AvgIpc) is 3.44. The summed E-state index contributed by atoms with van der Waals surface area (Å²) in [6, 6.07) is 4.99. The number of hydrogen-bond acceptors (Lipinski definition) is 5. The lowest BCUT2D eigenvalue weighted by molar-refractivity contribution is -0.165. The van der Waals surface area contributed by atoms with Crippen LogP contribution < -0.4 is 11.2 Å². The standard InChI is InChI=1S/C26H24BClF3N7O3/c27-17-9-13-8-14(24(40)37(12-26(29,30)31)11-16(13)20-21(17)34-35-22(20)28)10-19(39)36-6-3-15(4-7-36)38-18-2-1-5-32-23(18)33-25(38)41/h1-2,5,9,14-15H,3-4,6-8,10-12H2,(H,34,35)(H,32,33,41)/t14-/m0/s1. The number of benzene rings is 1. The number of hydrogen-bond donors (Lipinski definition) is 2. The number of aromatic amines is 2. The van der Waals surface area contributed by atoms with E-state index in [9.17, 15) is 27.6 Å². The number of piperidine rings is 1. The van der Waals surface area contributed by atoms with Crippen molar-refractivity contribution < 1.29 is 22.8 Å². The number of alkyl halides is 3. The zero-order valence-corrected chi connectivity index (χ0v) is 22.4. The summed E-state index contributed by atoms with van der Waals surface area (Å²) in [5, 5.41) is 7.14. The molecule has 212 valence electrons. The molecule has 10 nitrogen and oxygen atoms in total. The number of nitrogens with zero attached hydrogens (tertiary/aromatic N) is 5. The Bertz CT molecular complexity index is 1720. The van der Waals surface area contributed by atoms with E-state index < -0.39 is 24.5 Å². The lowest BCUT2D eigenvalue weighted by atomic mass is 9.85. The molecule has 1 fully saturated rings. The van der Waals surface area contributed by atoms with Gasteiger partial charge in [0.05, 0.1) is 17.0 Å². The monoisotopic (exact) mass is 585 g/mol. The predicted octanol–water partition coefficient (Wildman–Crippen LogP) is 2.37. The number of halogens is 4. The van der Waals surface area contributed by atoms with E-state index in [-0.39, 0.29) is 47.6 Å². The first-order valence-electron chi connectivity index (χ1n) is 13.1. The van der Waals surface area contributed by atoms with Crippen LogP contribution in [0.5, 0.6) is 0 Å². The van der Waals surface area contributed by atoms with Gasteiger partial charge in [-0.15, -0.1) is 0 Å². The van der Waals surface area contributed by atoms with Gasteiger partial charge in [0.1, 0.15) is 19.5 Å². The Labute approximate surface area is 237 Å². The summed E-state index contributed by atoms with van der Waals surface area (Å²) in [5.41, 5.74) is 2.47. The Hall–Kier alpha value is -3.81. The summed E-state index contributed by atoms with van der Waals surface area (Å²) in [5.74, 6) is -2.11. The van der Waals surface area contributed by atoms with Crippen LogP contribution in [0.1, 0.15) is 36.4 Å². The number of fused-ring (bicyclic) bond motifs is 4. The van der Waals surface area contributed by atoms with E-state index in [0.29, 0.717) is 59.1 Å². The van der Waals surface area contributed by atoms with Crippen molar-refractivity contribution in [1.29, 1.82) is 0 Å². The minimum Gasteiger partial charge on any atom is -0.343 e. The molecule has 1 aromatic carbocycles. The second kappa shape index (κ2) is 10.2. The van der Waals surface area contributed by atoms with Crippen LogP contribution >= 0.6 is 11.6 Å². The number of carbonyl (C=O) groups is 2. The average molecular weight is 586 g/mol. The van der Waals surface area contributed by atoms with E-state index in [1.54, 1.807) is 33.9 Å². The molecule has 0 spiro atoms. The molecule has 3 aromatic heterocycles. The molecule has 41 heavy (non-hydrogen) atoms. The van der Waals surface area contributed by atoms with Crippen molar-refractivity contribution in [2.45, 2.75) is 44.4 Å². The smallest absolute Gasteiger partial charge is 0.343 e. The van der Waals surface area contributed by atoms with E-state index in [1.807, 2.05) is 0 Å². The van der Waals surface area contributed by atoms with Crippen molar-refractivity contribution in [3.8, 4) is 0 Å². The fourth-order valence-electron chi connectivity index (χ4n) is 6.10. The molecule has 2 radical (unpaired) electrons. The van der Waals surface area contributed by atoms with E-state index in [1.165, 1.54) is 0 Å². The van der Waals surface area contributed by atoms with Crippen molar-refractivity contribution in [3.63, 3.8) is 0 Å². The third kappa shape index (κ3) is 5.09. The highest BCUT2D eigenvalue weighted by Crippen LogP contribution is 2.34. The summed E-state index contributed by atoms with van der Waals surface area (Å²) in [7, 11) is 6.15. The number of aromatic nitrogens is 5. The van der Waals surface area contributed by atoms with Gasteiger partial charge in [0.25, 0.3) is 0 Å². The van der Waals surface area contributed by atoms with Gasteiger partial charge in [0, 0.05) is 43.7 Å². The second-order valence-corrected chi connectivity index (χ2v) is 10.9. The van der Waals surface area contributed by atoms with Gasteiger partial charge in [0.2, 0.25) is 11.8 Å². The maximum Gasteiger partial charge on any atom is 0.406 e. The van der Waals surface area contributed by atoms with E-state index in [4.69, 9.17) is 19.4 Å². The summed E-state index contributed by atoms with van der Waals surface area (Å²) in [6.07, 6.45) is -2.27. The second-order valence-electron chi connectivity index (χ2n) is 10.6. The number of imidazole rings is 1. The van der Waals surface area contributed by atoms with Crippen LogP contribution in [-0.4, -0.2) is 80.0 Å². The van der Waals surface area contributed by atoms with Crippen LogP contribution in [0.15, 0.2) is 29.2 Å². The number of amides is 2. The Kier molecular flexibility index (Phi) is 6.83. The van der Waals surface area contributed by atoms with Crippen LogP contribution in [-0.2, 0) is 22.6 Å². The maximum atomic E-state index is 13.5. The molecule has 2 N–H and O–H groups in total. The van der Waals surface area contributed by atoms with Crippen molar-refractivity contribution in [3.05, 3.63) is 51.2 Å². The zero-order chi connectivity index (χ0) is 29.1. The molecule has 0 aliphatic carbocycles. The lowest BCUT2D eigenvalue weighted by Gasteiger charge is -2.33. The van der Waals surface area contributed by atoms with Crippen molar-refractivity contribution in [2.24, 2.45) is 5.92 Å². The van der Waals surface area contributed by atoms with Crippen LogP contribution in [0.25, 0.3) is 22.1 Å². The minimum atomic E-state index is -4.64. The maximum absolute atomic E-state index is 13.5. The first-order valence-corrected chi connectivity index (χ1v) is 13.5. The van der Waals surface area contributed by atoms with E-state index in [2.05, 4.69) is 20.2 Å². The highest BCUT2D eigenvalue weighted by atomic mass is 35.5. The third-order valence-corrected chi connectivity index (χ3v) is 8.23. The van der Waals surface area contributed by atoms with Crippen LogP contribution in [0.4, 0.5) is 13.2 Å². The normalized spacial score (nSPS) is 18.7. The molecule has 2 amide bonds. The van der Waals surface area contributed by atoms with E-state index >= 15 is 0 Å². The number of carbonyl (C=O) groups excluding carboxylic acids is 2. The molecule has 1 saturated heterocycles. The molecule has 15 heteroatoms. The highest BCUT2D eigenvalue weighted by molar-refractivity contribution is 6.41. The van der Waals surface area contributed by atoms with Crippen molar-refractivity contribution in [1.82, 2.24) is 34.5 Å². The number of likely N-dealkylation sites (tertiary alicyclic amines) is 1. The van der Waals surface area contributed by atoms with Gasteiger partial charge >= 0.3 is 11.9 Å². The van der Waals surface area contributed by atoms with Crippen LogP contribution in [0.2, 0.25) is 5.15 Å². The predicted molar refractivity (Wildman–Crippen MR) is 145 cm³/mol. The third-order valence-electron chi connectivity index (χ3n) is 7.95. The fraction of sp³-hybridized carbons (Fsp3) is 0.423. The molecular weight excluding hydrogens is 562 g/mol. The topological polar surface area (TPSA) is 120 Å². The van der Waals surface area contributed by atoms with Gasteiger partial charge in [-0.1, -0.05) is 23.1 Å². The molecule has 4 aromatic rings. The van der Waals surface area contributed by atoms with Gasteiger partial charge in [0.15, 0.2) is 5.65 Å². The first-order chi connectivity index (χ1) is 19.5. The van der Waals surface area contributed by atoms with Crippen LogP contribution in [0.3, 0.4) is 0 Å². The number of pyridine rings is 1. The van der Waals surface area contributed by atoms with Crippen LogP contribution in [0, 0.1) is 5.92 Å². The van der Waals surface area contributed by atoms with Crippen molar-refractivity contribution in [2.75, 3.05) is 19.6 Å². The van der Waals surface area contributed by atoms with Gasteiger partial charge in [-0.25, -0.2) is 9.78 Å². The molecule has 5 heterocycles. The minimum absolute atomic E-state index is 0.0319. The quantitative estimate of drug-likeness (QED) is 0.357. The SMILES string of the molecule is [B]c1cc2c(c3c(Cl)[nH]nc13)CN(CC(F)(F)F)C(=O)[C@H](CC(=O)N1CCC(n3c(=O)[nH]c4ncccc43)CC1)C2. The summed E-state index contributed by atoms with van der Waals surface area (Å²) >= 11 is 6.28. The first kappa shape index (κ1) is 27.4. The molecular formula is C26H24BClF3N7O3. The molecule has 2 aliphatic heterocycles. The largest absolute Gasteiger partial charge is 0.406 e. The van der Waals surface area contributed by atoms with Crippen molar-refractivity contribution >= 4 is 58.8 Å². The molecule has 0 saturated carbocycles. The Morgan fingerprint density at radius 1 is 1.22 bits per heavy atom. The number of rotatable bonds is 4. The molecule has 0 bridgehead atoms. The number of nitrogens with one attached hydrogen (secondary N) is 2. The lowest BCUT2D eigenvalue weighted by Crippen LogP contribution is -2.44. The molecule has 6 rings (SSSR count). The Balaban J connectivity index is 1.23. The van der Waals surface area contributed by atoms with Gasteiger partial charge in [-0.3, -0.25) is 24.2 Å². The molecule has 2 aliphatic rings. The highest BCUT2D eigenvalue weighted by Gasteiger charge is 2.40. The van der Waals surface area contributed by atoms with E-state index in [0.717, 1.165) is 4.90 Å². The molecule has 1 atom stereocenters. The fourth-order valence-corrected chi connectivity index (χ4v) is 6.34. The van der Waals surface area contributed by atoms with Gasteiger partial charge in [-0.05, 0) is 42.5 Å². The number of H-pyrrole nitrogens is 2. The zero-order valence-electron chi connectivity index (χ0n) is 21.7. The Morgan fingerprint density at radius 3 is 2.71 bits per heavy atom. The summed E-state index contributed by atoms with van der Waals surface area (Å²) < 4.78 is 42.2. The van der Waals surface area contributed by atoms with Gasteiger partial charge in [-0.2, -0.15) is 18.3 Å². The Morgan fingerprint density at radius 2 is 1.98 bits per heavy atom. The molecule has 0 unspecified atom stereocenters.